The van der Waals surface area contributed by atoms with Crippen LogP contribution in [0.25, 0.3) is 0 Å². The van der Waals surface area contributed by atoms with E-state index in [0.717, 1.165) is 43.9 Å². The maximum Gasteiger partial charge on any atom is 0.253 e. The van der Waals surface area contributed by atoms with Gasteiger partial charge in [0, 0.05) is 32.2 Å². The number of rotatable bonds is 3. The van der Waals surface area contributed by atoms with Gasteiger partial charge in [0.25, 0.3) is 5.91 Å². The Morgan fingerprint density at radius 1 is 1.33 bits per heavy atom. The maximum absolute atomic E-state index is 12.5. The van der Waals surface area contributed by atoms with Crippen molar-refractivity contribution in [1.29, 1.82) is 0 Å². The first-order valence-electron chi connectivity index (χ1n) is 7.77. The normalized spacial score (nSPS) is 24.2. The third kappa shape index (κ3) is 3.63. The third-order valence-electron chi connectivity index (χ3n) is 4.15. The molecule has 0 N–H and O–H groups in total. The molecule has 0 aliphatic carbocycles. The first kappa shape index (κ1) is 14.5. The van der Waals surface area contributed by atoms with Gasteiger partial charge in [0.2, 0.25) is 0 Å². The third-order valence-corrected chi connectivity index (χ3v) is 4.15. The molecule has 6 heteroatoms. The molecular formula is C15H23N3O3. The Kier molecular flexibility index (Phi) is 4.55. The Hall–Kier alpha value is -1.40. The lowest BCUT2D eigenvalue weighted by atomic mass is 10.1. The van der Waals surface area contributed by atoms with E-state index in [2.05, 4.69) is 10.1 Å². The smallest absolute Gasteiger partial charge is 0.253 e. The highest BCUT2D eigenvalue weighted by atomic mass is 16.5. The fourth-order valence-electron chi connectivity index (χ4n) is 3.02. The van der Waals surface area contributed by atoms with Crippen molar-refractivity contribution in [3.8, 4) is 0 Å². The van der Waals surface area contributed by atoms with E-state index in [0.29, 0.717) is 19.7 Å². The average Bonchev–Trinajstić information content (AvgIpc) is 2.93. The summed E-state index contributed by atoms with van der Waals surface area (Å²) in [4.78, 5) is 16.7. The van der Waals surface area contributed by atoms with E-state index >= 15 is 0 Å². The van der Waals surface area contributed by atoms with E-state index in [-0.39, 0.29) is 12.0 Å². The van der Waals surface area contributed by atoms with Crippen LogP contribution in [-0.2, 0) is 16.1 Å². The minimum atomic E-state index is -0.333. The van der Waals surface area contributed by atoms with Crippen LogP contribution in [0, 0.1) is 6.92 Å². The Labute approximate surface area is 125 Å². The lowest BCUT2D eigenvalue weighted by Crippen LogP contribution is -2.51. The number of morpholine rings is 1. The number of aryl methyl sites for hydroxylation is 1. The molecule has 6 nitrogen and oxygen atoms in total. The van der Waals surface area contributed by atoms with Gasteiger partial charge in [0.05, 0.1) is 18.8 Å². The summed E-state index contributed by atoms with van der Waals surface area (Å²) in [7, 11) is 0. The van der Waals surface area contributed by atoms with Gasteiger partial charge in [-0.2, -0.15) is 0 Å². The number of ether oxygens (including phenoxy) is 1. The fraction of sp³-hybridized carbons (Fsp3) is 0.733. The highest BCUT2D eigenvalue weighted by Gasteiger charge is 2.31. The number of aromatic nitrogens is 1. The zero-order chi connectivity index (χ0) is 14.7. The standard InChI is InChI=1S/C15H23N3O3/c1-12-9-13(21-16-12)10-17-7-8-20-14(11-17)15(19)18-5-3-2-4-6-18/h9,14H,2-8,10-11H2,1H3. The van der Waals surface area contributed by atoms with Gasteiger partial charge in [-0.25, -0.2) is 0 Å². The topological polar surface area (TPSA) is 58.8 Å². The molecule has 1 atom stereocenters. The highest BCUT2D eigenvalue weighted by Crippen LogP contribution is 2.16. The Balaban J connectivity index is 1.56. The van der Waals surface area contributed by atoms with E-state index in [1.807, 2.05) is 17.9 Å². The molecule has 3 rings (SSSR count). The fourth-order valence-corrected chi connectivity index (χ4v) is 3.02. The molecule has 1 unspecified atom stereocenters. The predicted octanol–water partition coefficient (Wildman–Crippen LogP) is 1.20. The maximum atomic E-state index is 12.5. The minimum absolute atomic E-state index is 0.146. The molecule has 0 saturated carbocycles. The molecule has 1 aromatic heterocycles. The van der Waals surface area contributed by atoms with Crippen molar-refractivity contribution in [2.45, 2.75) is 38.8 Å². The number of likely N-dealkylation sites (tertiary alicyclic amines) is 1. The van der Waals surface area contributed by atoms with Gasteiger partial charge in [-0.3, -0.25) is 9.69 Å². The van der Waals surface area contributed by atoms with E-state index in [1.165, 1.54) is 6.42 Å². The van der Waals surface area contributed by atoms with E-state index < -0.39 is 0 Å². The molecular weight excluding hydrogens is 270 g/mol. The number of hydrogen-bond acceptors (Lipinski definition) is 5. The summed E-state index contributed by atoms with van der Waals surface area (Å²) in [6, 6.07) is 1.94. The SMILES string of the molecule is Cc1cc(CN2CCOC(C(=O)N3CCCCC3)C2)on1. The zero-order valence-electron chi connectivity index (χ0n) is 12.6. The van der Waals surface area contributed by atoms with Crippen molar-refractivity contribution in [2.24, 2.45) is 0 Å². The summed E-state index contributed by atoms with van der Waals surface area (Å²) in [5.74, 6) is 0.992. The lowest BCUT2D eigenvalue weighted by molar-refractivity contribution is -0.150. The van der Waals surface area contributed by atoms with Gasteiger partial charge in [-0.15, -0.1) is 0 Å². The number of nitrogens with zero attached hydrogens (tertiary/aromatic N) is 3. The van der Waals surface area contributed by atoms with Crippen LogP contribution in [0.3, 0.4) is 0 Å². The van der Waals surface area contributed by atoms with E-state index in [9.17, 15) is 4.79 Å². The van der Waals surface area contributed by atoms with Gasteiger partial charge in [0.1, 0.15) is 6.10 Å². The average molecular weight is 293 g/mol. The van der Waals surface area contributed by atoms with Gasteiger partial charge < -0.3 is 14.2 Å². The molecule has 0 radical (unpaired) electrons. The number of hydrogen-bond donors (Lipinski definition) is 0. The van der Waals surface area contributed by atoms with Crippen molar-refractivity contribution < 1.29 is 14.1 Å². The summed E-state index contributed by atoms with van der Waals surface area (Å²) < 4.78 is 10.9. The predicted molar refractivity (Wildman–Crippen MR) is 76.7 cm³/mol. The highest BCUT2D eigenvalue weighted by molar-refractivity contribution is 5.81. The Morgan fingerprint density at radius 2 is 2.14 bits per heavy atom. The molecule has 2 aliphatic rings. The van der Waals surface area contributed by atoms with Crippen LogP contribution in [0.2, 0.25) is 0 Å². The van der Waals surface area contributed by atoms with E-state index in [4.69, 9.17) is 9.26 Å². The number of carbonyl (C=O) groups excluding carboxylic acids is 1. The van der Waals surface area contributed by atoms with Crippen molar-refractivity contribution in [1.82, 2.24) is 15.0 Å². The number of amides is 1. The monoisotopic (exact) mass is 293 g/mol. The van der Waals surface area contributed by atoms with Crippen molar-refractivity contribution >= 4 is 5.91 Å². The van der Waals surface area contributed by atoms with Crippen molar-refractivity contribution in [3.63, 3.8) is 0 Å². The van der Waals surface area contributed by atoms with Crippen LogP contribution in [0.1, 0.15) is 30.7 Å². The second-order valence-corrected chi connectivity index (χ2v) is 5.92. The molecule has 2 aliphatic heterocycles. The summed E-state index contributed by atoms with van der Waals surface area (Å²) in [5, 5.41) is 3.90. The molecule has 3 heterocycles. The minimum Gasteiger partial charge on any atom is -0.366 e. The molecule has 1 aromatic rings. The van der Waals surface area contributed by atoms with Crippen LogP contribution in [0.5, 0.6) is 0 Å². The molecule has 0 aromatic carbocycles. The van der Waals surface area contributed by atoms with Crippen LogP contribution in [-0.4, -0.2) is 59.8 Å². The molecule has 2 fully saturated rings. The van der Waals surface area contributed by atoms with Crippen LogP contribution in [0.4, 0.5) is 0 Å². The molecule has 2 saturated heterocycles. The summed E-state index contributed by atoms with van der Waals surface area (Å²) in [5.41, 5.74) is 0.888. The number of piperidine rings is 1. The molecule has 0 bridgehead atoms. The number of carbonyl (C=O) groups is 1. The van der Waals surface area contributed by atoms with E-state index in [1.54, 1.807) is 0 Å². The lowest BCUT2D eigenvalue weighted by Gasteiger charge is -2.35. The summed E-state index contributed by atoms with van der Waals surface area (Å²) in [6.07, 6.45) is 3.12. The Morgan fingerprint density at radius 3 is 2.86 bits per heavy atom. The molecule has 116 valence electrons. The van der Waals surface area contributed by atoms with Gasteiger partial charge in [-0.05, 0) is 26.2 Å². The second kappa shape index (κ2) is 6.58. The molecule has 1 amide bonds. The van der Waals surface area contributed by atoms with Gasteiger partial charge >= 0.3 is 0 Å². The largest absolute Gasteiger partial charge is 0.366 e. The van der Waals surface area contributed by atoms with Crippen molar-refractivity contribution in [3.05, 3.63) is 17.5 Å². The van der Waals surface area contributed by atoms with Crippen LogP contribution < -0.4 is 0 Å². The first-order valence-corrected chi connectivity index (χ1v) is 7.77. The molecule has 21 heavy (non-hydrogen) atoms. The first-order chi connectivity index (χ1) is 10.2. The van der Waals surface area contributed by atoms with Crippen LogP contribution >= 0.6 is 0 Å². The summed E-state index contributed by atoms with van der Waals surface area (Å²) in [6.45, 7) is 6.40. The summed E-state index contributed by atoms with van der Waals surface area (Å²) >= 11 is 0. The van der Waals surface area contributed by atoms with Crippen molar-refractivity contribution in [2.75, 3.05) is 32.8 Å². The molecule has 0 spiro atoms. The zero-order valence-corrected chi connectivity index (χ0v) is 12.6. The van der Waals surface area contributed by atoms with Gasteiger partial charge in [-0.1, -0.05) is 5.16 Å². The second-order valence-electron chi connectivity index (χ2n) is 5.92. The Bertz CT molecular complexity index is 482. The van der Waals surface area contributed by atoms with Gasteiger partial charge in [0.15, 0.2) is 5.76 Å². The van der Waals surface area contributed by atoms with Crippen LogP contribution in [0.15, 0.2) is 10.6 Å². The quantitative estimate of drug-likeness (QED) is 0.838.